The maximum atomic E-state index is 12.4. The highest BCUT2D eigenvalue weighted by Crippen LogP contribution is 2.27. The van der Waals surface area contributed by atoms with Gasteiger partial charge in [-0.15, -0.1) is 21.8 Å². The summed E-state index contributed by atoms with van der Waals surface area (Å²) in [7, 11) is 0. The number of rotatable bonds is 7. The van der Waals surface area contributed by atoms with Crippen molar-refractivity contribution in [2.45, 2.75) is 52.0 Å². The predicted molar refractivity (Wildman–Crippen MR) is 117 cm³/mol. The topological polar surface area (TPSA) is 119 Å². The van der Waals surface area contributed by atoms with E-state index in [2.05, 4.69) is 25.5 Å². The first-order chi connectivity index (χ1) is 14.4. The third kappa shape index (κ3) is 5.33. The van der Waals surface area contributed by atoms with Crippen LogP contribution in [0.5, 0.6) is 0 Å². The maximum Gasteiger partial charge on any atom is 0.309 e. The van der Waals surface area contributed by atoms with E-state index in [-0.39, 0.29) is 11.3 Å². The minimum Gasteiger partial charge on any atom is -0.417 e. The lowest BCUT2D eigenvalue weighted by Crippen LogP contribution is -2.24. The molecule has 158 valence electrons. The second kappa shape index (κ2) is 9.67. The van der Waals surface area contributed by atoms with Gasteiger partial charge in [0.15, 0.2) is 0 Å². The van der Waals surface area contributed by atoms with Gasteiger partial charge < -0.3 is 15.5 Å². The molecule has 2 heterocycles. The number of halogens is 1. The van der Waals surface area contributed by atoms with Gasteiger partial charge in [-0.25, -0.2) is 4.98 Å². The van der Waals surface area contributed by atoms with Crippen LogP contribution in [0.1, 0.15) is 53.2 Å². The van der Waals surface area contributed by atoms with E-state index in [1.54, 1.807) is 6.07 Å². The summed E-state index contributed by atoms with van der Waals surface area (Å²) in [6.45, 7) is 6.10. The van der Waals surface area contributed by atoms with Gasteiger partial charge in [0.25, 0.3) is 0 Å². The van der Waals surface area contributed by atoms with Crippen molar-refractivity contribution >= 4 is 29.5 Å². The molecular formula is C21H25ClN6O2. The molecule has 1 aliphatic rings. The summed E-state index contributed by atoms with van der Waals surface area (Å²) in [5, 5.41) is 10.4. The number of hydrogen-bond acceptors (Lipinski definition) is 7. The molecule has 0 aromatic carbocycles. The number of carbonyl (C=O) groups is 1. The van der Waals surface area contributed by atoms with Crippen LogP contribution in [0.2, 0.25) is 0 Å². The number of amides is 1. The zero-order chi connectivity index (χ0) is 21.7. The fraction of sp³-hybridized carbons (Fsp3) is 0.381. The molecule has 1 amide bonds. The van der Waals surface area contributed by atoms with Crippen molar-refractivity contribution in [1.82, 2.24) is 20.5 Å². The number of allylic oxidation sites excluding steroid dienone is 4. The Morgan fingerprint density at radius 3 is 2.90 bits per heavy atom. The molecule has 2 aromatic heterocycles. The van der Waals surface area contributed by atoms with Crippen molar-refractivity contribution in [3.63, 3.8) is 0 Å². The molecule has 2 aromatic rings. The molecule has 0 saturated heterocycles. The third-order valence-electron chi connectivity index (χ3n) is 4.74. The Bertz CT molecular complexity index is 1000. The SMILES string of the molecule is CCC=NC1=CC=C(Cc2nnc(C(=O)NCc3c(C)cc(N)nc3C)o2)C(Cl)C1. The number of aryl methyl sites for hydroxylation is 2. The van der Waals surface area contributed by atoms with E-state index in [1.165, 1.54) is 0 Å². The molecule has 0 fully saturated rings. The van der Waals surface area contributed by atoms with Crippen molar-refractivity contribution in [3.8, 4) is 0 Å². The fourth-order valence-electron chi connectivity index (χ4n) is 3.16. The van der Waals surface area contributed by atoms with Gasteiger partial charge in [0, 0.05) is 37.0 Å². The molecule has 1 aliphatic carbocycles. The standard InChI is InChI=1S/C21H25ClN6O2/c1-4-7-24-15-6-5-14(17(22)10-15)9-19-27-28-21(30-19)20(29)25-11-16-12(2)8-18(23)26-13(16)3/h5-8,17H,4,9-11H2,1-3H3,(H2,23,26)(H,25,29). The zero-order valence-electron chi connectivity index (χ0n) is 17.3. The van der Waals surface area contributed by atoms with Crippen molar-refractivity contribution < 1.29 is 9.21 Å². The zero-order valence-corrected chi connectivity index (χ0v) is 18.0. The molecule has 0 aliphatic heterocycles. The largest absolute Gasteiger partial charge is 0.417 e. The summed E-state index contributed by atoms with van der Waals surface area (Å²) in [6.07, 6.45) is 7.63. The monoisotopic (exact) mass is 428 g/mol. The molecule has 0 bridgehead atoms. The van der Waals surface area contributed by atoms with Gasteiger partial charge in [0.2, 0.25) is 5.89 Å². The molecule has 0 spiro atoms. The quantitative estimate of drug-likeness (QED) is 0.515. The summed E-state index contributed by atoms with van der Waals surface area (Å²) < 4.78 is 5.54. The summed E-state index contributed by atoms with van der Waals surface area (Å²) >= 11 is 6.47. The number of aliphatic imine (C=N–C) groups is 1. The molecule has 0 radical (unpaired) electrons. The normalized spacial score (nSPS) is 16.5. The van der Waals surface area contributed by atoms with E-state index in [0.717, 1.165) is 34.5 Å². The highest BCUT2D eigenvalue weighted by molar-refractivity contribution is 6.22. The number of anilines is 1. The Balaban J connectivity index is 1.62. The lowest BCUT2D eigenvalue weighted by molar-refractivity contribution is 0.0914. The van der Waals surface area contributed by atoms with Crippen molar-refractivity contribution in [2.75, 3.05) is 5.73 Å². The van der Waals surface area contributed by atoms with E-state index >= 15 is 0 Å². The number of carbonyl (C=O) groups excluding carboxylic acids is 1. The lowest BCUT2D eigenvalue weighted by atomic mass is 9.99. The molecular weight excluding hydrogens is 404 g/mol. The average molecular weight is 429 g/mol. The molecule has 0 saturated carbocycles. The molecule has 1 atom stereocenters. The van der Waals surface area contributed by atoms with Gasteiger partial charge in [0.1, 0.15) is 5.82 Å². The van der Waals surface area contributed by atoms with Crippen LogP contribution in [0.3, 0.4) is 0 Å². The van der Waals surface area contributed by atoms with Gasteiger partial charge >= 0.3 is 11.8 Å². The minimum absolute atomic E-state index is 0.0879. The van der Waals surface area contributed by atoms with Gasteiger partial charge in [-0.2, -0.15) is 0 Å². The van der Waals surface area contributed by atoms with Crippen LogP contribution in [0.4, 0.5) is 5.82 Å². The van der Waals surface area contributed by atoms with E-state index in [9.17, 15) is 4.79 Å². The number of nitrogens with two attached hydrogens (primary N) is 1. The van der Waals surface area contributed by atoms with Crippen molar-refractivity contribution in [2.24, 2.45) is 4.99 Å². The summed E-state index contributed by atoms with van der Waals surface area (Å²) in [6, 6.07) is 1.77. The number of nitrogen functional groups attached to an aromatic ring is 1. The number of nitrogens with one attached hydrogen (secondary N) is 1. The number of alkyl halides is 1. The highest BCUT2D eigenvalue weighted by atomic mass is 35.5. The van der Waals surface area contributed by atoms with E-state index < -0.39 is 5.91 Å². The molecule has 30 heavy (non-hydrogen) atoms. The fourth-order valence-corrected chi connectivity index (χ4v) is 3.46. The van der Waals surface area contributed by atoms with E-state index in [4.69, 9.17) is 21.8 Å². The first kappa shape index (κ1) is 21.7. The van der Waals surface area contributed by atoms with Gasteiger partial charge in [0.05, 0.1) is 5.38 Å². The number of nitrogens with zero attached hydrogens (tertiary/aromatic N) is 4. The maximum absolute atomic E-state index is 12.4. The van der Waals surface area contributed by atoms with Crippen molar-refractivity contribution in [3.05, 3.63) is 58.1 Å². The van der Waals surface area contributed by atoms with E-state index in [0.29, 0.717) is 31.1 Å². The Kier molecular flexibility index (Phi) is 6.99. The Hall–Kier alpha value is -3.00. The second-order valence-corrected chi connectivity index (χ2v) is 7.61. The summed E-state index contributed by atoms with van der Waals surface area (Å²) in [5.41, 5.74) is 10.3. The van der Waals surface area contributed by atoms with Gasteiger partial charge in [-0.1, -0.05) is 13.0 Å². The Labute approximate surface area is 180 Å². The molecule has 3 N–H and O–H groups in total. The third-order valence-corrected chi connectivity index (χ3v) is 5.17. The van der Waals surface area contributed by atoms with Crippen molar-refractivity contribution in [1.29, 1.82) is 0 Å². The number of pyridine rings is 1. The minimum atomic E-state index is -0.444. The molecule has 9 heteroatoms. The predicted octanol–water partition coefficient (Wildman–Crippen LogP) is 3.44. The summed E-state index contributed by atoms with van der Waals surface area (Å²) in [5.74, 6) is 0.262. The summed E-state index contributed by atoms with van der Waals surface area (Å²) in [4.78, 5) is 21.0. The Morgan fingerprint density at radius 2 is 2.20 bits per heavy atom. The first-order valence-corrected chi connectivity index (χ1v) is 10.2. The first-order valence-electron chi connectivity index (χ1n) is 9.76. The Morgan fingerprint density at radius 1 is 1.40 bits per heavy atom. The smallest absolute Gasteiger partial charge is 0.309 e. The van der Waals surface area contributed by atoms with Crippen LogP contribution in [0.25, 0.3) is 0 Å². The van der Waals surface area contributed by atoms with Crippen LogP contribution < -0.4 is 11.1 Å². The molecule has 1 unspecified atom stereocenters. The number of hydrogen-bond donors (Lipinski definition) is 2. The molecule has 8 nitrogen and oxygen atoms in total. The number of aromatic nitrogens is 3. The van der Waals surface area contributed by atoms with Crippen LogP contribution in [0, 0.1) is 13.8 Å². The van der Waals surface area contributed by atoms with Crippen LogP contribution in [-0.4, -0.2) is 32.7 Å². The average Bonchev–Trinajstić information content (AvgIpc) is 3.16. The molecule has 3 rings (SSSR count). The second-order valence-electron chi connectivity index (χ2n) is 7.08. The van der Waals surface area contributed by atoms with Gasteiger partial charge in [-0.3, -0.25) is 9.79 Å². The van der Waals surface area contributed by atoms with E-state index in [1.807, 2.05) is 39.1 Å². The van der Waals surface area contributed by atoms with Crippen LogP contribution >= 0.6 is 11.6 Å². The van der Waals surface area contributed by atoms with Crippen LogP contribution in [-0.2, 0) is 13.0 Å². The van der Waals surface area contributed by atoms with Gasteiger partial charge in [-0.05, 0) is 49.1 Å². The lowest BCUT2D eigenvalue weighted by Gasteiger charge is -2.16. The highest BCUT2D eigenvalue weighted by Gasteiger charge is 2.21. The van der Waals surface area contributed by atoms with Crippen LogP contribution in [0.15, 0.2) is 38.9 Å².